The van der Waals surface area contributed by atoms with E-state index in [0.29, 0.717) is 5.92 Å². The number of rotatable bonds is 7. The quantitative estimate of drug-likeness (QED) is 0.813. The van der Waals surface area contributed by atoms with E-state index in [2.05, 4.69) is 51.2 Å². The molecule has 0 amide bonds. The number of aryl methyl sites for hydroxylation is 1. The minimum absolute atomic E-state index is 0.268. The lowest BCUT2D eigenvalue weighted by atomic mass is 9.74. The fourth-order valence-electron chi connectivity index (χ4n) is 2.62. The van der Waals surface area contributed by atoms with Crippen LogP contribution in [0.4, 0.5) is 0 Å². The zero-order valence-electron chi connectivity index (χ0n) is 13.6. The smallest absolute Gasteiger partial charge is 0.122 e. The van der Waals surface area contributed by atoms with Crippen LogP contribution in [0.25, 0.3) is 0 Å². The Morgan fingerprint density at radius 3 is 2.60 bits per heavy atom. The molecule has 0 spiro atoms. The average molecular weight is 275 g/mol. The number of benzene rings is 1. The van der Waals surface area contributed by atoms with Gasteiger partial charge >= 0.3 is 0 Å². The largest absolute Gasteiger partial charge is 0.496 e. The average Bonchev–Trinajstić information content (AvgIpc) is 3.20. The molecule has 1 aliphatic rings. The molecule has 20 heavy (non-hydrogen) atoms. The Kier molecular flexibility index (Phi) is 4.74. The second-order valence-electron chi connectivity index (χ2n) is 6.96. The van der Waals surface area contributed by atoms with E-state index in [4.69, 9.17) is 4.74 Å². The Balaban J connectivity index is 2.15. The lowest BCUT2D eigenvalue weighted by molar-refractivity contribution is 0.204. The molecule has 112 valence electrons. The van der Waals surface area contributed by atoms with E-state index in [1.807, 2.05) is 0 Å². The predicted octanol–water partition coefficient (Wildman–Crippen LogP) is 3.96. The Morgan fingerprint density at radius 2 is 2.05 bits per heavy atom. The third kappa shape index (κ3) is 3.76. The van der Waals surface area contributed by atoms with Crippen LogP contribution >= 0.6 is 0 Å². The summed E-state index contributed by atoms with van der Waals surface area (Å²) in [6.45, 7) is 10.3. The standard InChI is InChI=1S/C18H29NO/c1-13(2)18(4,12-19-16-7-8-16)11-15-10-14(3)6-9-17(15)20-5/h6,9-10,13,16,19H,7-8,11-12H2,1-5H3. The normalized spacial score (nSPS) is 18.1. The second-order valence-corrected chi connectivity index (χ2v) is 6.96. The lowest BCUT2D eigenvalue weighted by Gasteiger charge is -2.35. The molecule has 2 nitrogen and oxygen atoms in total. The maximum atomic E-state index is 5.54. The first-order valence-corrected chi connectivity index (χ1v) is 7.81. The lowest BCUT2D eigenvalue weighted by Crippen LogP contribution is -2.39. The molecular formula is C18H29NO. The van der Waals surface area contributed by atoms with Gasteiger partial charge in [-0.15, -0.1) is 0 Å². The van der Waals surface area contributed by atoms with Gasteiger partial charge in [-0.25, -0.2) is 0 Å². The minimum atomic E-state index is 0.268. The number of nitrogens with one attached hydrogen (secondary N) is 1. The Morgan fingerprint density at radius 1 is 1.35 bits per heavy atom. The van der Waals surface area contributed by atoms with E-state index in [1.54, 1.807) is 7.11 Å². The van der Waals surface area contributed by atoms with Gasteiger partial charge in [0.1, 0.15) is 5.75 Å². The second kappa shape index (κ2) is 6.17. The van der Waals surface area contributed by atoms with Crippen LogP contribution in [-0.2, 0) is 6.42 Å². The SMILES string of the molecule is COc1ccc(C)cc1CC(C)(CNC1CC1)C(C)C. The maximum Gasteiger partial charge on any atom is 0.122 e. The van der Waals surface area contributed by atoms with Crippen molar-refractivity contribution in [3.8, 4) is 5.75 Å². The molecule has 0 aliphatic heterocycles. The molecule has 0 bridgehead atoms. The first kappa shape index (κ1) is 15.4. The van der Waals surface area contributed by atoms with Crippen LogP contribution in [0.2, 0.25) is 0 Å². The summed E-state index contributed by atoms with van der Waals surface area (Å²) < 4.78 is 5.54. The topological polar surface area (TPSA) is 21.3 Å². The van der Waals surface area contributed by atoms with E-state index in [-0.39, 0.29) is 5.41 Å². The molecule has 1 atom stereocenters. The first-order chi connectivity index (χ1) is 9.44. The van der Waals surface area contributed by atoms with Crippen molar-refractivity contribution in [1.82, 2.24) is 5.32 Å². The van der Waals surface area contributed by atoms with E-state index >= 15 is 0 Å². The third-order valence-electron chi connectivity index (χ3n) is 4.80. The minimum Gasteiger partial charge on any atom is -0.496 e. The highest BCUT2D eigenvalue weighted by atomic mass is 16.5. The first-order valence-electron chi connectivity index (χ1n) is 7.81. The molecule has 1 aromatic rings. The van der Waals surface area contributed by atoms with Gasteiger partial charge < -0.3 is 10.1 Å². The molecule has 1 saturated carbocycles. The molecule has 2 heteroatoms. The van der Waals surface area contributed by atoms with Gasteiger partial charge in [0.05, 0.1) is 7.11 Å². The Labute approximate surface area is 123 Å². The van der Waals surface area contributed by atoms with Crippen LogP contribution in [0, 0.1) is 18.3 Å². The highest BCUT2D eigenvalue weighted by Crippen LogP contribution is 2.35. The summed E-state index contributed by atoms with van der Waals surface area (Å²) in [5.74, 6) is 1.66. The van der Waals surface area contributed by atoms with Crippen LogP contribution in [0.15, 0.2) is 18.2 Å². The van der Waals surface area contributed by atoms with Crippen molar-refractivity contribution < 1.29 is 4.74 Å². The van der Waals surface area contributed by atoms with Crippen LogP contribution in [0.5, 0.6) is 5.75 Å². The summed E-state index contributed by atoms with van der Waals surface area (Å²) in [5.41, 5.74) is 2.91. The summed E-state index contributed by atoms with van der Waals surface area (Å²) in [5, 5.41) is 3.71. The van der Waals surface area contributed by atoms with E-state index in [0.717, 1.165) is 24.8 Å². The number of ether oxygens (including phenoxy) is 1. The molecule has 0 aromatic heterocycles. The summed E-state index contributed by atoms with van der Waals surface area (Å²) in [6, 6.07) is 7.26. The number of hydrogen-bond acceptors (Lipinski definition) is 2. The van der Waals surface area contributed by atoms with Gasteiger partial charge in [-0.1, -0.05) is 38.5 Å². The van der Waals surface area contributed by atoms with Gasteiger partial charge in [0.2, 0.25) is 0 Å². The van der Waals surface area contributed by atoms with Gasteiger partial charge in [-0.05, 0) is 49.1 Å². The molecule has 0 radical (unpaired) electrons. The summed E-state index contributed by atoms with van der Waals surface area (Å²) >= 11 is 0. The highest BCUT2D eigenvalue weighted by Gasteiger charge is 2.32. The van der Waals surface area contributed by atoms with E-state index in [9.17, 15) is 0 Å². The number of methoxy groups -OCH3 is 1. The zero-order valence-corrected chi connectivity index (χ0v) is 13.6. The van der Waals surface area contributed by atoms with Crippen molar-refractivity contribution in [2.45, 2.75) is 53.0 Å². The van der Waals surface area contributed by atoms with Gasteiger partial charge in [0.25, 0.3) is 0 Å². The predicted molar refractivity (Wildman–Crippen MR) is 85.4 cm³/mol. The van der Waals surface area contributed by atoms with Gasteiger partial charge in [0.15, 0.2) is 0 Å². The van der Waals surface area contributed by atoms with Crippen molar-refractivity contribution in [3.05, 3.63) is 29.3 Å². The molecule has 0 heterocycles. The van der Waals surface area contributed by atoms with Crippen LogP contribution in [0.1, 0.15) is 44.7 Å². The summed E-state index contributed by atoms with van der Waals surface area (Å²) in [6.07, 6.45) is 3.76. The maximum absolute atomic E-state index is 5.54. The fraction of sp³-hybridized carbons (Fsp3) is 0.667. The van der Waals surface area contributed by atoms with Crippen molar-refractivity contribution in [3.63, 3.8) is 0 Å². The van der Waals surface area contributed by atoms with Gasteiger partial charge in [-0.2, -0.15) is 0 Å². The van der Waals surface area contributed by atoms with Crippen molar-refractivity contribution in [2.24, 2.45) is 11.3 Å². The molecule has 1 fully saturated rings. The molecule has 1 unspecified atom stereocenters. The third-order valence-corrected chi connectivity index (χ3v) is 4.80. The molecule has 0 saturated heterocycles. The summed E-state index contributed by atoms with van der Waals surface area (Å²) in [4.78, 5) is 0. The number of hydrogen-bond donors (Lipinski definition) is 1. The zero-order chi connectivity index (χ0) is 14.8. The van der Waals surface area contributed by atoms with Crippen LogP contribution in [0.3, 0.4) is 0 Å². The van der Waals surface area contributed by atoms with Crippen molar-refractivity contribution in [1.29, 1.82) is 0 Å². The Bertz CT molecular complexity index is 451. The fourth-order valence-corrected chi connectivity index (χ4v) is 2.62. The van der Waals surface area contributed by atoms with Gasteiger partial charge in [0, 0.05) is 12.6 Å². The van der Waals surface area contributed by atoms with Gasteiger partial charge in [-0.3, -0.25) is 0 Å². The van der Waals surface area contributed by atoms with Crippen LogP contribution < -0.4 is 10.1 Å². The molecular weight excluding hydrogens is 246 g/mol. The highest BCUT2D eigenvalue weighted by molar-refractivity contribution is 5.37. The monoisotopic (exact) mass is 275 g/mol. The Hall–Kier alpha value is -1.02. The molecule has 1 aliphatic carbocycles. The van der Waals surface area contributed by atoms with Crippen LogP contribution in [-0.4, -0.2) is 19.7 Å². The van der Waals surface area contributed by atoms with Crippen molar-refractivity contribution >= 4 is 0 Å². The molecule has 2 rings (SSSR count). The van der Waals surface area contributed by atoms with E-state index in [1.165, 1.54) is 24.0 Å². The molecule has 1 N–H and O–H groups in total. The molecule has 1 aromatic carbocycles. The van der Waals surface area contributed by atoms with E-state index < -0.39 is 0 Å². The van der Waals surface area contributed by atoms with Crippen molar-refractivity contribution in [2.75, 3.05) is 13.7 Å². The summed E-state index contributed by atoms with van der Waals surface area (Å²) in [7, 11) is 1.77.